The van der Waals surface area contributed by atoms with Crippen molar-refractivity contribution in [3.63, 3.8) is 0 Å². The van der Waals surface area contributed by atoms with Crippen LogP contribution in [0.3, 0.4) is 0 Å². The van der Waals surface area contributed by atoms with Crippen LogP contribution in [-0.4, -0.2) is 58.3 Å². The van der Waals surface area contributed by atoms with Gasteiger partial charge in [0.15, 0.2) is 0 Å². The van der Waals surface area contributed by atoms with Crippen molar-refractivity contribution in [1.29, 1.82) is 5.41 Å². The summed E-state index contributed by atoms with van der Waals surface area (Å²) in [6, 6.07) is 0. The Kier molecular flexibility index (Phi) is 4.68. The van der Waals surface area contributed by atoms with Gasteiger partial charge in [-0.1, -0.05) is 0 Å². The molecule has 0 unspecified atom stereocenters. The Hall–Kier alpha value is -0.670. The van der Waals surface area contributed by atoms with Crippen molar-refractivity contribution in [1.82, 2.24) is 4.31 Å². The molecule has 0 saturated carbocycles. The van der Waals surface area contributed by atoms with Gasteiger partial charge in [0.05, 0.1) is 18.1 Å². The summed E-state index contributed by atoms with van der Waals surface area (Å²) >= 11 is 0. The lowest BCUT2D eigenvalue weighted by Crippen LogP contribution is -2.37. The molecule has 0 bridgehead atoms. The number of hydrogen-bond acceptors (Lipinski definition) is 5. The number of sulfone groups is 1. The molecule has 3 N–H and O–H groups in total. The van der Waals surface area contributed by atoms with Crippen molar-refractivity contribution in [2.75, 3.05) is 31.4 Å². The van der Waals surface area contributed by atoms with E-state index in [4.69, 9.17) is 11.1 Å². The standard InChI is InChI=1S/C6H15N3O4S2/c1-9(5-6(7)8)15(12,13)4-3-14(2,10)11/h3-5H2,1-2H3,(H3,7,8). The third-order valence-corrected chi connectivity index (χ3v) is 4.58. The van der Waals surface area contributed by atoms with Crippen molar-refractivity contribution in [2.45, 2.75) is 0 Å². The number of amidine groups is 1. The van der Waals surface area contributed by atoms with E-state index in [1.165, 1.54) is 7.05 Å². The molecule has 0 radical (unpaired) electrons. The van der Waals surface area contributed by atoms with Crippen molar-refractivity contribution >= 4 is 25.7 Å². The van der Waals surface area contributed by atoms with Crippen LogP contribution in [0.4, 0.5) is 0 Å². The quantitative estimate of drug-likeness (QED) is 0.431. The normalized spacial score (nSPS) is 13.0. The van der Waals surface area contributed by atoms with Gasteiger partial charge < -0.3 is 5.73 Å². The van der Waals surface area contributed by atoms with Gasteiger partial charge in [-0.15, -0.1) is 0 Å². The fourth-order valence-corrected chi connectivity index (χ4v) is 3.45. The SMILES string of the molecule is CN(CC(=N)N)S(=O)(=O)CCS(C)(=O)=O. The number of sulfonamides is 1. The molecule has 0 aliphatic heterocycles. The molecule has 0 heterocycles. The van der Waals surface area contributed by atoms with Gasteiger partial charge in [0.25, 0.3) is 0 Å². The summed E-state index contributed by atoms with van der Waals surface area (Å²) < 4.78 is 45.3. The zero-order chi connectivity index (χ0) is 12.3. The molecule has 0 aromatic heterocycles. The molecule has 0 fully saturated rings. The molecule has 0 amide bonds. The molecule has 90 valence electrons. The maximum atomic E-state index is 11.4. The van der Waals surface area contributed by atoms with Crippen LogP contribution in [0.1, 0.15) is 0 Å². The lowest BCUT2D eigenvalue weighted by molar-refractivity contribution is 0.505. The monoisotopic (exact) mass is 257 g/mol. The Balaban J connectivity index is 4.50. The number of nitrogens with zero attached hydrogens (tertiary/aromatic N) is 1. The lowest BCUT2D eigenvalue weighted by Gasteiger charge is -2.15. The third-order valence-electron chi connectivity index (χ3n) is 1.58. The molecule has 0 aliphatic rings. The maximum absolute atomic E-state index is 11.4. The van der Waals surface area contributed by atoms with Crippen LogP contribution in [0.15, 0.2) is 0 Å². The number of rotatable bonds is 6. The Bertz CT molecular complexity index is 425. The molecule has 0 spiro atoms. The predicted octanol–water partition coefficient (Wildman–Crippen LogP) is -1.77. The minimum atomic E-state index is -3.66. The number of likely N-dealkylation sites (N-methyl/N-ethyl adjacent to an activating group) is 1. The summed E-state index contributed by atoms with van der Waals surface area (Å²) in [5.74, 6) is -1.21. The molecule has 7 nitrogen and oxygen atoms in total. The Labute approximate surface area is 89.7 Å². The van der Waals surface area contributed by atoms with Gasteiger partial charge in [-0.05, 0) is 0 Å². The highest BCUT2D eigenvalue weighted by atomic mass is 32.2. The largest absolute Gasteiger partial charge is 0.387 e. The second kappa shape index (κ2) is 4.90. The molecule has 15 heavy (non-hydrogen) atoms. The summed E-state index contributed by atoms with van der Waals surface area (Å²) in [6.45, 7) is -0.230. The van der Waals surface area contributed by atoms with Crippen molar-refractivity contribution < 1.29 is 16.8 Å². The lowest BCUT2D eigenvalue weighted by atomic mass is 10.6. The summed E-state index contributed by atoms with van der Waals surface area (Å²) in [6.07, 6.45) is 0.966. The first-order valence-electron chi connectivity index (χ1n) is 3.99. The summed E-state index contributed by atoms with van der Waals surface area (Å²) in [4.78, 5) is 0. The second-order valence-electron chi connectivity index (χ2n) is 3.23. The summed E-state index contributed by atoms with van der Waals surface area (Å²) in [5.41, 5.74) is 5.03. The average molecular weight is 257 g/mol. The van der Waals surface area contributed by atoms with E-state index >= 15 is 0 Å². The second-order valence-corrected chi connectivity index (χ2v) is 7.68. The smallest absolute Gasteiger partial charge is 0.215 e. The first-order chi connectivity index (χ1) is 6.54. The highest BCUT2D eigenvalue weighted by Gasteiger charge is 2.20. The molecule has 0 aliphatic carbocycles. The van der Waals surface area contributed by atoms with Crippen molar-refractivity contribution in [3.05, 3.63) is 0 Å². The average Bonchev–Trinajstić information content (AvgIpc) is 1.98. The fraction of sp³-hybridized carbons (Fsp3) is 0.833. The highest BCUT2D eigenvalue weighted by Crippen LogP contribution is 1.99. The molecular formula is C6H15N3O4S2. The first-order valence-corrected chi connectivity index (χ1v) is 7.66. The summed E-state index contributed by atoms with van der Waals surface area (Å²) in [5, 5.41) is 6.91. The van der Waals surface area contributed by atoms with E-state index < -0.39 is 31.4 Å². The van der Waals surface area contributed by atoms with E-state index in [-0.39, 0.29) is 12.4 Å². The van der Waals surface area contributed by atoms with E-state index in [0.29, 0.717) is 0 Å². The van der Waals surface area contributed by atoms with Gasteiger partial charge in [-0.25, -0.2) is 16.8 Å². The van der Waals surface area contributed by atoms with E-state index in [2.05, 4.69) is 0 Å². The first kappa shape index (κ1) is 14.3. The predicted molar refractivity (Wildman–Crippen MR) is 58.0 cm³/mol. The van der Waals surface area contributed by atoms with Crippen LogP contribution in [0, 0.1) is 5.41 Å². The zero-order valence-corrected chi connectivity index (χ0v) is 10.2. The Morgan fingerprint density at radius 3 is 2.07 bits per heavy atom. The van der Waals surface area contributed by atoms with E-state index in [1.807, 2.05) is 0 Å². The molecule has 0 atom stereocenters. The van der Waals surface area contributed by atoms with Gasteiger partial charge in [0, 0.05) is 13.3 Å². The molecule has 9 heteroatoms. The third kappa shape index (κ3) is 6.42. The molecule has 0 rings (SSSR count). The maximum Gasteiger partial charge on any atom is 0.215 e. The topological polar surface area (TPSA) is 121 Å². The van der Waals surface area contributed by atoms with E-state index in [1.54, 1.807) is 0 Å². The Morgan fingerprint density at radius 2 is 1.73 bits per heavy atom. The summed E-state index contributed by atoms with van der Waals surface area (Å²) in [7, 11) is -5.72. The van der Waals surface area contributed by atoms with Crippen molar-refractivity contribution in [3.8, 4) is 0 Å². The molecule has 0 saturated heterocycles. The van der Waals surface area contributed by atoms with Gasteiger partial charge in [0.1, 0.15) is 15.7 Å². The molecule has 0 aromatic carbocycles. The minimum Gasteiger partial charge on any atom is -0.387 e. The molecular weight excluding hydrogens is 242 g/mol. The van der Waals surface area contributed by atoms with Crippen LogP contribution in [0.25, 0.3) is 0 Å². The molecule has 0 aromatic rings. The van der Waals surface area contributed by atoms with Crippen LogP contribution in [0.5, 0.6) is 0 Å². The van der Waals surface area contributed by atoms with Gasteiger partial charge in [-0.3, -0.25) is 5.41 Å². The van der Waals surface area contributed by atoms with Crippen LogP contribution < -0.4 is 5.73 Å². The van der Waals surface area contributed by atoms with E-state index in [0.717, 1.165) is 10.6 Å². The highest BCUT2D eigenvalue weighted by molar-refractivity contribution is 7.93. The number of nitrogens with two attached hydrogens (primary N) is 1. The van der Waals surface area contributed by atoms with Gasteiger partial charge in [0.2, 0.25) is 10.0 Å². The van der Waals surface area contributed by atoms with Crippen molar-refractivity contribution in [2.24, 2.45) is 5.73 Å². The number of nitrogens with one attached hydrogen (secondary N) is 1. The Morgan fingerprint density at radius 1 is 1.27 bits per heavy atom. The zero-order valence-electron chi connectivity index (χ0n) is 8.60. The van der Waals surface area contributed by atoms with Gasteiger partial charge >= 0.3 is 0 Å². The number of hydrogen-bond donors (Lipinski definition) is 2. The van der Waals surface area contributed by atoms with Gasteiger partial charge in [-0.2, -0.15) is 4.31 Å². The minimum absolute atomic E-state index is 0.230. The van der Waals surface area contributed by atoms with Crippen LogP contribution >= 0.6 is 0 Å². The van der Waals surface area contributed by atoms with E-state index in [9.17, 15) is 16.8 Å². The fourth-order valence-electron chi connectivity index (χ4n) is 0.751. The van der Waals surface area contributed by atoms with Crippen LogP contribution in [-0.2, 0) is 19.9 Å². The van der Waals surface area contributed by atoms with Crippen LogP contribution in [0.2, 0.25) is 0 Å².